The molecule has 18 heavy (non-hydrogen) atoms. The fourth-order valence-corrected chi connectivity index (χ4v) is 2.66. The summed E-state index contributed by atoms with van der Waals surface area (Å²) in [5.74, 6) is 0.510. The number of carbonyl (C=O) groups excluding carboxylic acids is 1. The quantitative estimate of drug-likeness (QED) is 0.725. The van der Waals surface area contributed by atoms with E-state index >= 15 is 0 Å². The van der Waals surface area contributed by atoms with Crippen LogP contribution < -0.4 is 5.32 Å². The Kier molecular flexibility index (Phi) is 4.78. The van der Waals surface area contributed by atoms with Gasteiger partial charge in [-0.2, -0.15) is 0 Å². The first-order valence-electron chi connectivity index (χ1n) is 6.86. The van der Waals surface area contributed by atoms with Crippen LogP contribution in [0.15, 0.2) is 12.2 Å². The second kappa shape index (κ2) is 6.34. The fourth-order valence-electron chi connectivity index (χ4n) is 2.66. The molecule has 1 atom stereocenters. The molecule has 1 fully saturated rings. The standard InChI is InChI=1S/C14H23NO3/c16-11-14(5-7-18-8-6-14)10-15-13(17)9-12-3-1-2-4-12/h1,3,12,16H,2,4-11H2,(H,15,17)/t12-/m0/s1. The van der Waals surface area contributed by atoms with Crippen molar-refractivity contribution in [1.29, 1.82) is 0 Å². The third-order valence-corrected chi connectivity index (χ3v) is 4.11. The van der Waals surface area contributed by atoms with Gasteiger partial charge in [0.1, 0.15) is 0 Å². The molecule has 1 saturated heterocycles. The molecule has 0 aromatic rings. The predicted octanol–water partition coefficient (Wildman–Crippen LogP) is 1.25. The molecule has 2 rings (SSSR count). The summed E-state index contributed by atoms with van der Waals surface area (Å²) in [7, 11) is 0. The maximum atomic E-state index is 11.8. The van der Waals surface area contributed by atoms with Gasteiger partial charge in [-0.1, -0.05) is 12.2 Å². The van der Waals surface area contributed by atoms with Gasteiger partial charge in [-0.3, -0.25) is 4.79 Å². The number of amides is 1. The van der Waals surface area contributed by atoms with E-state index in [1.807, 2.05) is 0 Å². The van der Waals surface area contributed by atoms with Crippen LogP contribution in [0.1, 0.15) is 32.1 Å². The number of hydrogen-bond donors (Lipinski definition) is 2. The van der Waals surface area contributed by atoms with Crippen LogP contribution in [0.5, 0.6) is 0 Å². The zero-order chi connectivity index (χ0) is 12.8. The molecule has 0 saturated carbocycles. The Morgan fingerprint density at radius 3 is 2.83 bits per heavy atom. The number of rotatable bonds is 5. The highest BCUT2D eigenvalue weighted by atomic mass is 16.5. The molecule has 0 spiro atoms. The number of aliphatic hydroxyl groups is 1. The number of ether oxygens (including phenoxy) is 1. The van der Waals surface area contributed by atoms with Crippen molar-refractivity contribution < 1.29 is 14.6 Å². The van der Waals surface area contributed by atoms with Crippen molar-refractivity contribution in [3.05, 3.63) is 12.2 Å². The average Bonchev–Trinajstić information content (AvgIpc) is 2.90. The third kappa shape index (κ3) is 3.56. The molecule has 4 heteroatoms. The second-order valence-corrected chi connectivity index (χ2v) is 5.52. The summed E-state index contributed by atoms with van der Waals surface area (Å²) in [6.45, 7) is 2.06. The molecule has 2 aliphatic rings. The lowest BCUT2D eigenvalue weighted by molar-refractivity contribution is -0.123. The van der Waals surface area contributed by atoms with E-state index < -0.39 is 0 Å². The molecule has 4 nitrogen and oxygen atoms in total. The van der Waals surface area contributed by atoms with Crippen LogP contribution in [0.3, 0.4) is 0 Å². The van der Waals surface area contributed by atoms with Crippen LogP contribution in [0.2, 0.25) is 0 Å². The summed E-state index contributed by atoms with van der Waals surface area (Å²) < 4.78 is 5.31. The van der Waals surface area contributed by atoms with E-state index in [0.717, 1.165) is 25.7 Å². The van der Waals surface area contributed by atoms with E-state index in [2.05, 4.69) is 17.5 Å². The normalized spacial score (nSPS) is 26.2. The topological polar surface area (TPSA) is 58.6 Å². The van der Waals surface area contributed by atoms with Crippen LogP contribution in [-0.2, 0) is 9.53 Å². The van der Waals surface area contributed by atoms with Gasteiger partial charge in [0, 0.05) is 31.6 Å². The van der Waals surface area contributed by atoms with Gasteiger partial charge in [-0.25, -0.2) is 0 Å². The highest BCUT2D eigenvalue weighted by molar-refractivity contribution is 5.76. The van der Waals surface area contributed by atoms with Gasteiger partial charge in [0.05, 0.1) is 6.61 Å². The summed E-state index contributed by atoms with van der Waals surface area (Å²) >= 11 is 0. The lowest BCUT2D eigenvalue weighted by Gasteiger charge is -2.35. The Morgan fingerprint density at radius 1 is 1.44 bits per heavy atom. The van der Waals surface area contributed by atoms with Crippen molar-refractivity contribution in [3.63, 3.8) is 0 Å². The Morgan fingerprint density at radius 2 is 2.22 bits per heavy atom. The molecule has 102 valence electrons. The Labute approximate surface area is 108 Å². The Bertz CT molecular complexity index is 308. The average molecular weight is 253 g/mol. The summed E-state index contributed by atoms with van der Waals surface area (Å²) in [6.07, 6.45) is 8.69. The molecule has 1 heterocycles. The molecule has 0 aromatic heterocycles. The SMILES string of the molecule is O=C(C[C@H]1C=CCC1)NCC1(CO)CCOCC1. The molecule has 1 amide bonds. The molecule has 0 unspecified atom stereocenters. The zero-order valence-corrected chi connectivity index (χ0v) is 10.9. The van der Waals surface area contributed by atoms with Gasteiger partial charge in [0.2, 0.25) is 5.91 Å². The minimum Gasteiger partial charge on any atom is -0.396 e. The van der Waals surface area contributed by atoms with E-state index in [1.54, 1.807) is 0 Å². The molecule has 1 aliphatic carbocycles. The van der Waals surface area contributed by atoms with Gasteiger partial charge in [0.15, 0.2) is 0 Å². The van der Waals surface area contributed by atoms with Crippen molar-refractivity contribution in [2.75, 3.05) is 26.4 Å². The van der Waals surface area contributed by atoms with Crippen LogP contribution in [0.25, 0.3) is 0 Å². The number of allylic oxidation sites excluding steroid dienone is 2. The minimum absolute atomic E-state index is 0.103. The molecule has 0 bridgehead atoms. The van der Waals surface area contributed by atoms with E-state index in [1.165, 1.54) is 0 Å². The van der Waals surface area contributed by atoms with Crippen molar-refractivity contribution in [3.8, 4) is 0 Å². The van der Waals surface area contributed by atoms with Gasteiger partial charge < -0.3 is 15.2 Å². The smallest absolute Gasteiger partial charge is 0.220 e. The van der Waals surface area contributed by atoms with Crippen molar-refractivity contribution >= 4 is 5.91 Å². The Balaban J connectivity index is 1.74. The fraction of sp³-hybridized carbons (Fsp3) is 0.786. The number of nitrogens with one attached hydrogen (secondary N) is 1. The minimum atomic E-state index is -0.167. The van der Waals surface area contributed by atoms with Crippen molar-refractivity contribution in [1.82, 2.24) is 5.32 Å². The van der Waals surface area contributed by atoms with Crippen LogP contribution in [-0.4, -0.2) is 37.4 Å². The van der Waals surface area contributed by atoms with Gasteiger partial charge >= 0.3 is 0 Å². The highest BCUT2D eigenvalue weighted by Crippen LogP contribution is 2.29. The maximum absolute atomic E-state index is 11.8. The molecular formula is C14H23NO3. The molecule has 0 radical (unpaired) electrons. The largest absolute Gasteiger partial charge is 0.396 e. The number of hydrogen-bond acceptors (Lipinski definition) is 3. The zero-order valence-electron chi connectivity index (χ0n) is 10.9. The van der Waals surface area contributed by atoms with Crippen molar-refractivity contribution in [2.24, 2.45) is 11.3 Å². The van der Waals surface area contributed by atoms with Crippen LogP contribution in [0.4, 0.5) is 0 Å². The number of carbonyl (C=O) groups is 1. The van der Waals surface area contributed by atoms with E-state index in [9.17, 15) is 9.90 Å². The lowest BCUT2D eigenvalue weighted by Crippen LogP contribution is -2.43. The lowest BCUT2D eigenvalue weighted by atomic mass is 9.81. The molecular weight excluding hydrogens is 230 g/mol. The van der Waals surface area contributed by atoms with E-state index in [4.69, 9.17) is 4.74 Å². The first kappa shape index (κ1) is 13.6. The van der Waals surface area contributed by atoms with Gasteiger partial charge in [-0.15, -0.1) is 0 Å². The monoisotopic (exact) mass is 253 g/mol. The third-order valence-electron chi connectivity index (χ3n) is 4.11. The first-order chi connectivity index (χ1) is 8.74. The highest BCUT2D eigenvalue weighted by Gasteiger charge is 2.32. The molecule has 0 aromatic carbocycles. The summed E-state index contributed by atoms with van der Waals surface area (Å²) in [5, 5.41) is 12.5. The summed E-state index contributed by atoms with van der Waals surface area (Å²) in [4.78, 5) is 11.8. The Hall–Kier alpha value is -0.870. The summed E-state index contributed by atoms with van der Waals surface area (Å²) in [6, 6.07) is 0. The summed E-state index contributed by atoms with van der Waals surface area (Å²) in [5.41, 5.74) is -0.167. The molecule has 1 aliphatic heterocycles. The molecule has 2 N–H and O–H groups in total. The van der Waals surface area contributed by atoms with Gasteiger partial charge in [-0.05, 0) is 31.6 Å². The predicted molar refractivity (Wildman–Crippen MR) is 69.1 cm³/mol. The first-order valence-corrected chi connectivity index (χ1v) is 6.86. The van der Waals surface area contributed by atoms with Gasteiger partial charge in [0.25, 0.3) is 0 Å². The van der Waals surface area contributed by atoms with Crippen LogP contribution in [0, 0.1) is 11.3 Å². The van der Waals surface area contributed by atoms with E-state index in [0.29, 0.717) is 32.1 Å². The number of aliphatic hydroxyl groups excluding tert-OH is 1. The van der Waals surface area contributed by atoms with Crippen molar-refractivity contribution in [2.45, 2.75) is 32.1 Å². The van der Waals surface area contributed by atoms with E-state index in [-0.39, 0.29) is 17.9 Å². The van der Waals surface area contributed by atoms with Crippen LogP contribution >= 0.6 is 0 Å². The maximum Gasteiger partial charge on any atom is 0.220 e. The second-order valence-electron chi connectivity index (χ2n) is 5.52.